The topological polar surface area (TPSA) is 28.0 Å². The number of nitrogens with zero attached hydrogens (tertiary/aromatic N) is 3. The van der Waals surface area contributed by atoms with Crippen LogP contribution in [0.5, 0.6) is 0 Å². The second kappa shape index (κ2) is 10.2. The van der Waals surface area contributed by atoms with Gasteiger partial charge in [-0.25, -0.2) is 0 Å². The number of carbonyl (C=O) groups excluding carboxylic acids is 1. The number of carbonyl (C=O) groups is 1. The van der Waals surface area contributed by atoms with Crippen molar-refractivity contribution in [3.8, 4) is 0 Å². The van der Waals surface area contributed by atoms with Crippen LogP contribution in [-0.4, -0.2) is 58.7 Å². The molecule has 4 rings (SSSR count). The summed E-state index contributed by atoms with van der Waals surface area (Å²) in [5.74, 6) is 0.523. The molecule has 176 valence electrons. The first-order valence-corrected chi connectivity index (χ1v) is 12.6. The lowest BCUT2D eigenvalue weighted by molar-refractivity contribution is 0.0595. The molecule has 1 fully saturated rings. The highest BCUT2D eigenvalue weighted by Crippen LogP contribution is 2.28. The number of fused-ring (bicyclic) bond motifs is 1. The molecule has 0 bridgehead atoms. The third-order valence-electron chi connectivity index (χ3n) is 7.67. The molecule has 0 spiro atoms. The van der Waals surface area contributed by atoms with Crippen LogP contribution in [0.25, 0.3) is 5.52 Å². The van der Waals surface area contributed by atoms with Crippen molar-refractivity contribution in [1.82, 2.24) is 14.2 Å². The van der Waals surface area contributed by atoms with Crippen molar-refractivity contribution in [2.24, 2.45) is 0 Å². The molecule has 1 saturated heterocycles. The van der Waals surface area contributed by atoms with Crippen molar-refractivity contribution in [1.29, 1.82) is 0 Å². The standard InChI is InChI=1S/C29H39N3O/c1-6-21(2)26-18-28(32-17-8-7-11-27(26)32)29(33)25-14-12-24(13-15-25)10-9-16-31-19-22(3)30(5)23(4)20-31/h7-8,11-15,17-18,21-23H,6,9-10,16,19-20H2,1-5H3/t21?,22-,23+. The lowest BCUT2D eigenvalue weighted by Gasteiger charge is -2.42. The number of benzene rings is 1. The summed E-state index contributed by atoms with van der Waals surface area (Å²) < 4.78 is 2.05. The predicted molar refractivity (Wildman–Crippen MR) is 137 cm³/mol. The lowest BCUT2D eigenvalue weighted by atomic mass is 9.98. The maximum atomic E-state index is 13.4. The highest BCUT2D eigenvalue weighted by Gasteiger charge is 2.25. The molecule has 1 aliphatic rings. The van der Waals surface area contributed by atoms with Crippen molar-refractivity contribution in [3.63, 3.8) is 0 Å². The van der Waals surface area contributed by atoms with Crippen LogP contribution in [-0.2, 0) is 6.42 Å². The van der Waals surface area contributed by atoms with Crippen LogP contribution in [0, 0.1) is 0 Å². The monoisotopic (exact) mass is 445 g/mol. The fourth-order valence-electron chi connectivity index (χ4n) is 5.14. The van der Waals surface area contributed by atoms with Gasteiger partial charge in [-0.05, 0) is 81.9 Å². The number of hydrogen-bond donors (Lipinski definition) is 0. The van der Waals surface area contributed by atoms with E-state index >= 15 is 0 Å². The van der Waals surface area contributed by atoms with Crippen molar-refractivity contribution in [2.75, 3.05) is 26.7 Å². The Hall–Kier alpha value is -2.43. The third-order valence-corrected chi connectivity index (χ3v) is 7.67. The zero-order valence-electron chi connectivity index (χ0n) is 20.9. The van der Waals surface area contributed by atoms with E-state index < -0.39 is 0 Å². The molecule has 0 amide bonds. The normalized spacial score (nSPS) is 20.9. The van der Waals surface area contributed by atoms with Gasteiger partial charge in [0.15, 0.2) is 0 Å². The fraction of sp³-hybridized carbons (Fsp3) is 0.483. The largest absolute Gasteiger partial charge is 0.313 e. The third kappa shape index (κ3) is 5.07. The molecule has 0 radical (unpaired) electrons. The highest BCUT2D eigenvalue weighted by atomic mass is 16.1. The van der Waals surface area contributed by atoms with E-state index in [1.54, 1.807) is 0 Å². The number of ketones is 1. The van der Waals surface area contributed by atoms with Crippen molar-refractivity contribution >= 4 is 11.3 Å². The van der Waals surface area contributed by atoms with E-state index in [4.69, 9.17) is 0 Å². The van der Waals surface area contributed by atoms with Crippen LogP contribution in [0.2, 0.25) is 0 Å². The second-order valence-corrected chi connectivity index (χ2v) is 10.0. The first kappa shape index (κ1) is 23.7. The minimum atomic E-state index is 0.0951. The molecule has 1 unspecified atom stereocenters. The number of aryl methyl sites for hydroxylation is 1. The van der Waals surface area contributed by atoms with Crippen LogP contribution in [0.15, 0.2) is 54.7 Å². The molecule has 33 heavy (non-hydrogen) atoms. The van der Waals surface area contributed by atoms with Gasteiger partial charge in [0.1, 0.15) is 0 Å². The number of pyridine rings is 1. The Morgan fingerprint density at radius 1 is 1.06 bits per heavy atom. The van der Waals surface area contributed by atoms with Gasteiger partial charge in [0.25, 0.3) is 0 Å². The second-order valence-electron chi connectivity index (χ2n) is 10.0. The van der Waals surface area contributed by atoms with Gasteiger partial charge in [0.2, 0.25) is 5.78 Å². The maximum Gasteiger partial charge on any atom is 0.209 e. The number of hydrogen-bond acceptors (Lipinski definition) is 3. The molecule has 0 N–H and O–H groups in total. The molecule has 2 aromatic heterocycles. The highest BCUT2D eigenvalue weighted by molar-refractivity contribution is 6.09. The van der Waals surface area contributed by atoms with Gasteiger partial charge < -0.3 is 9.30 Å². The molecular weight excluding hydrogens is 406 g/mol. The number of rotatable bonds is 8. The zero-order valence-corrected chi connectivity index (χ0v) is 20.9. The zero-order chi connectivity index (χ0) is 23.5. The van der Waals surface area contributed by atoms with Crippen molar-refractivity contribution < 1.29 is 4.79 Å². The summed E-state index contributed by atoms with van der Waals surface area (Å²) in [4.78, 5) is 18.4. The summed E-state index contributed by atoms with van der Waals surface area (Å²) in [5, 5.41) is 0. The van der Waals surface area contributed by atoms with Crippen molar-refractivity contribution in [3.05, 3.63) is 77.1 Å². The van der Waals surface area contributed by atoms with Crippen LogP contribution < -0.4 is 0 Å². The van der Waals surface area contributed by atoms with Crippen LogP contribution >= 0.6 is 0 Å². The van der Waals surface area contributed by atoms with E-state index in [9.17, 15) is 4.79 Å². The van der Waals surface area contributed by atoms with Crippen LogP contribution in [0.1, 0.15) is 73.6 Å². The molecular formula is C29H39N3O. The first-order valence-electron chi connectivity index (χ1n) is 12.6. The predicted octanol–water partition coefficient (Wildman–Crippen LogP) is 5.64. The van der Waals surface area contributed by atoms with Gasteiger partial charge >= 0.3 is 0 Å². The van der Waals surface area contributed by atoms with Crippen LogP contribution in [0.4, 0.5) is 0 Å². The van der Waals surface area contributed by atoms with E-state index in [0.717, 1.165) is 55.7 Å². The summed E-state index contributed by atoms with van der Waals surface area (Å²) in [6, 6.07) is 17.8. The molecule has 4 nitrogen and oxygen atoms in total. The molecule has 4 heteroatoms. The summed E-state index contributed by atoms with van der Waals surface area (Å²) >= 11 is 0. The van der Waals surface area contributed by atoms with Gasteiger partial charge in [-0.2, -0.15) is 0 Å². The van der Waals surface area contributed by atoms with Gasteiger partial charge in [-0.15, -0.1) is 0 Å². The average molecular weight is 446 g/mol. The van der Waals surface area contributed by atoms with Crippen LogP contribution in [0.3, 0.4) is 0 Å². The minimum absolute atomic E-state index is 0.0951. The Bertz CT molecular complexity index is 1070. The summed E-state index contributed by atoms with van der Waals surface area (Å²) in [5.41, 5.74) is 5.22. The quantitative estimate of drug-likeness (QED) is 0.420. The SMILES string of the molecule is CCC(C)c1cc(C(=O)c2ccc(CCCN3C[C@@H](C)N(C)[C@@H](C)C3)cc2)n2ccccc12. The molecule has 3 heterocycles. The van der Waals surface area contributed by atoms with E-state index in [1.807, 2.05) is 30.5 Å². The Kier molecular flexibility index (Phi) is 7.35. The summed E-state index contributed by atoms with van der Waals surface area (Å²) in [6.45, 7) is 12.5. The van der Waals surface area contributed by atoms with E-state index in [0.29, 0.717) is 18.0 Å². The van der Waals surface area contributed by atoms with Gasteiger partial charge in [-0.3, -0.25) is 9.69 Å². The molecule has 0 aliphatic carbocycles. The molecule has 1 aliphatic heterocycles. The molecule has 3 aromatic rings. The number of likely N-dealkylation sites (N-methyl/N-ethyl adjacent to an activating group) is 1. The summed E-state index contributed by atoms with van der Waals surface area (Å²) in [6.07, 6.45) is 5.26. The lowest BCUT2D eigenvalue weighted by Crippen LogP contribution is -2.54. The molecule has 3 atom stereocenters. The average Bonchev–Trinajstić information content (AvgIpc) is 3.22. The first-order chi connectivity index (χ1) is 15.9. The van der Waals surface area contributed by atoms with Gasteiger partial charge in [0, 0.05) is 42.5 Å². The van der Waals surface area contributed by atoms with Gasteiger partial charge in [0.05, 0.1) is 5.69 Å². The Morgan fingerprint density at radius 3 is 2.42 bits per heavy atom. The van der Waals surface area contributed by atoms with E-state index in [2.05, 4.69) is 73.2 Å². The Balaban J connectivity index is 1.41. The van der Waals surface area contributed by atoms with E-state index in [1.165, 1.54) is 11.1 Å². The molecule has 0 saturated carbocycles. The smallest absolute Gasteiger partial charge is 0.209 e. The summed E-state index contributed by atoms with van der Waals surface area (Å²) in [7, 11) is 2.23. The maximum absolute atomic E-state index is 13.4. The number of aromatic nitrogens is 1. The molecule has 1 aromatic carbocycles. The van der Waals surface area contributed by atoms with Gasteiger partial charge in [-0.1, -0.05) is 44.2 Å². The Morgan fingerprint density at radius 2 is 1.76 bits per heavy atom. The van der Waals surface area contributed by atoms with E-state index in [-0.39, 0.29) is 5.78 Å². The van der Waals surface area contributed by atoms with Crippen molar-refractivity contribution in [2.45, 2.75) is 65.0 Å². The minimum Gasteiger partial charge on any atom is -0.313 e. The fourth-order valence-corrected chi connectivity index (χ4v) is 5.14. The number of piperazine rings is 1. The Labute approximate surface area is 199 Å².